The van der Waals surface area contributed by atoms with Crippen LogP contribution in [-0.4, -0.2) is 71.1 Å². The number of rotatable bonds is 8. The summed E-state index contributed by atoms with van der Waals surface area (Å²) in [6.07, 6.45) is 6.82. The minimum atomic E-state index is -0.249. The monoisotopic (exact) mass is 691 g/mol. The van der Waals surface area contributed by atoms with Crippen LogP contribution in [-0.2, 0) is 31.4 Å². The Labute approximate surface area is 303 Å². The first-order valence-electron chi connectivity index (χ1n) is 18.2. The van der Waals surface area contributed by atoms with Crippen molar-refractivity contribution in [2.75, 3.05) is 33.9 Å². The van der Waals surface area contributed by atoms with Gasteiger partial charge in [-0.1, -0.05) is 45.0 Å². The van der Waals surface area contributed by atoms with Gasteiger partial charge < -0.3 is 18.9 Å². The number of amides is 1. The van der Waals surface area contributed by atoms with Crippen LogP contribution in [0.4, 0.5) is 0 Å². The molecule has 3 aliphatic heterocycles. The average Bonchev–Trinajstić information content (AvgIpc) is 3.33. The molecule has 0 aliphatic carbocycles. The Kier molecular flexibility index (Phi) is 10.2. The summed E-state index contributed by atoms with van der Waals surface area (Å²) in [5.41, 5.74) is 8.59. The molecular weight excluding hydrogens is 638 g/mol. The van der Waals surface area contributed by atoms with Crippen LogP contribution < -0.4 is 15.0 Å². The normalized spacial score (nSPS) is 21.0. The molecule has 6 rings (SSSR count). The quantitative estimate of drug-likeness (QED) is 0.197. The second-order valence-electron chi connectivity index (χ2n) is 15.8. The van der Waals surface area contributed by atoms with Crippen molar-refractivity contribution in [3.05, 3.63) is 91.9 Å². The van der Waals surface area contributed by atoms with Crippen LogP contribution in [0.25, 0.3) is 11.1 Å². The Balaban J connectivity index is 1.19. The van der Waals surface area contributed by atoms with Crippen LogP contribution in [0.2, 0.25) is 0 Å². The lowest BCUT2D eigenvalue weighted by atomic mass is 9.88. The third kappa shape index (κ3) is 7.09. The Hall–Kier alpha value is -4.39. The number of likely N-dealkylation sites (tertiary alicyclic amines) is 1. The number of aryl methyl sites for hydroxylation is 1. The molecule has 3 unspecified atom stereocenters. The number of hydrogen-bond donors (Lipinski definition) is 0. The van der Waals surface area contributed by atoms with Gasteiger partial charge in [-0.05, 0) is 85.4 Å². The fourth-order valence-electron chi connectivity index (χ4n) is 8.55. The van der Waals surface area contributed by atoms with Crippen LogP contribution in [0.3, 0.4) is 0 Å². The first kappa shape index (κ1) is 36.4. The summed E-state index contributed by atoms with van der Waals surface area (Å²) in [7, 11) is 5.21. The van der Waals surface area contributed by atoms with Crippen LogP contribution in [0.1, 0.15) is 80.0 Å². The maximum absolute atomic E-state index is 13.5. The molecule has 2 fully saturated rings. The van der Waals surface area contributed by atoms with Crippen molar-refractivity contribution >= 4 is 5.91 Å². The van der Waals surface area contributed by atoms with E-state index in [-0.39, 0.29) is 28.5 Å². The van der Waals surface area contributed by atoms with Gasteiger partial charge in [-0.15, -0.1) is 0 Å². The SMILES string of the molecule is COc1cc(-c2cn(C)c(=O)c(C)c2C)cc(OC)c1CN1CC2CCC(C1)N2Cc1cccc2c1CCN(C(=O)/C(C#N)=C/C(C)(C)C)C2C. The van der Waals surface area contributed by atoms with Gasteiger partial charge in [0.05, 0.1) is 25.8 Å². The summed E-state index contributed by atoms with van der Waals surface area (Å²) in [5.74, 6) is 1.40. The van der Waals surface area contributed by atoms with Gasteiger partial charge in [-0.2, -0.15) is 5.26 Å². The summed E-state index contributed by atoms with van der Waals surface area (Å²) in [4.78, 5) is 33.1. The van der Waals surface area contributed by atoms with Gasteiger partial charge in [-0.3, -0.25) is 19.4 Å². The predicted molar refractivity (Wildman–Crippen MR) is 201 cm³/mol. The van der Waals surface area contributed by atoms with Crippen molar-refractivity contribution in [2.24, 2.45) is 12.5 Å². The summed E-state index contributed by atoms with van der Waals surface area (Å²) in [5, 5.41) is 9.80. The highest BCUT2D eigenvalue weighted by Gasteiger charge is 2.41. The standard InChI is InChI=1S/C42H53N5O4/c1-26-27(2)40(48)44(7)24-36(26)30-17-38(50-8)37(39(18-30)51-9)25-45-22-32-13-14-33(23-45)47(32)21-29-11-10-12-34-28(3)46(16-15-35(29)34)41(49)31(20-43)19-42(4,5)6/h10-12,17-19,24,28,32-33H,13-16,21-23,25H2,1-9H3/b31-19+. The number of methoxy groups -OCH3 is 2. The molecule has 9 nitrogen and oxygen atoms in total. The summed E-state index contributed by atoms with van der Waals surface area (Å²) < 4.78 is 13.6. The Bertz CT molecular complexity index is 1930. The molecule has 1 aromatic heterocycles. The number of aromatic nitrogens is 1. The molecule has 2 saturated heterocycles. The number of nitrogens with zero attached hydrogens (tertiary/aromatic N) is 5. The minimum absolute atomic E-state index is 0.0141. The number of piperazine rings is 1. The van der Waals surface area contributed by atoms with E-state index < -0.39 is 0 Å². The van der Waals surface area contributed by atoms with Crippen molar-refractivity contribution in [3.63, 3.8) is 0 Å². The molecule has 0 saturated carbocycles. The highest BCUT2D eigenvalue weighted by Crippen LogP contribution is 2.40. The van der Waals surface area contributed by atoms with Crippen molar-refractivity contribution in [1.82, 2.24) is 19.3 Å². The number of pyridine rings is 1. The molecule has 3 atom stereocenters. The van der Waals surface area contributed by atoms with Gasteiger partial charge in [0.2, 0.25) is 0 Å². The van der Waals surface area contributed by atoms with Crippen molar-refractivity contribution in [2.45, 2.75) is 92.0 Å². The minimum Gasteiger partial charge on any atom is -0.496 e. The van der Waals surface area contributed by atoms with Gasteiger partial charge in [-0.25, -0.2) is 0 Å². The van der Waals surface area contributed by atoms with Crippen molar-refractivity contribution in [3.8, 4) is 28.7 Å². The van der Waals surface area contributed by atoms with Crippen molar-refractivity contribution in [1.29, 1.82) is 5.26 Å². The van der Waals surface area contributed by atoms with Crippen LogP contribution in [0, 0.1) is 30.6 Å². The molecule has 1 amide bonds. The zero-order valence-electron chi connectivity index (χ0n) is 31.8. The van der Waals surface area contributed by atoms with Gasteiger partial charge >= 0.3 is 0 Å². The van der Waals surface area contributed by atoms with Gasteiger partial charge in [0.1, 0.15) is 23.1 Å². The largest absolute Gasteiger partial charge is 0.496 e. The fraction of sp³-hybridized carbons (Fsp3) is 0.500. The number of nitriles is 1. The highest BCUT2D eigenvalue weighted by molar-refractivity contribution is 5.97. The number of carbonyl (C=O) groups is 1. The molecule has 2 bridgehead atoms. The first-order valence-corrected chi connectivity index (χ1v) is 18.2. The molecular formula is C42H53N5O4. The third-order valence-corrected chi connectivity index (χ3v) is 11.3. The zero-order chi connectivity index (χ0) is 36.8. The maximum Gasteiger partial charge on any atom is 0.264 e. The van der Waals surface area contributed by atoms with Crippen molar-refractivity contribution < 1.29 is 14.3 Å². The number of carbonyl (C=O) groups excluding carboxylic acids is 1. The molecule has 9 heteroatoms. The zero-order valence-corrected chi connectivity index (χ0v) is 31.8. The van der Waals surface area contributed by atoms with E-state index in [0.717, 1.165) is 71.9 Å². The van der Waals surface area contributed by atoms with Gasteiger partial charge in [0.25, 0.3) is 11.5 Å². The second-order valence-corrected chi connectivity index (χ2v) is 15.8. The van der Waals surface area contributed by atoms with E-state index in [4.69, 9.17) is 9.47 Å². The number of fused-ring (bicyclic) bond motifs is 3. The van der Waals surface area contributed by atoms with Crippen LogP contribution in [0.15, 0.2) is 53.0 Å². The van der Waals surface area contributed by atoms with Gasteiger partial charge in [0.15, 0.2) is 0 Å². The first-order chi connectivity index (χ1) is 24.2. The number of benzene rings is 2. The number of allylic oxidation sites excluding steroid dienone is 1. The van der Waals surface area contributed by atoms with E-state index in [9.17, 15) is 14.9 Å². The second kappa shape index (κ2) is 14.3. The molecule has 0 radical (unpaired) electrons. The molecule has 3 aliphatic rings. The highest BCUT2D eigenvalue weighted by atomic mass is 16.5. The lowest BCUT2D eigenvalue weighted by molar-refractivity contribution is -0.129. The summed E-state index contributed by atoms with van der Waals surface area (Å²) in [6.45, 7) is 16.2. The van der Waals surface area contributed by atoms with Crippen LogP contribution in [0.5, 0.6) is 11.5 Å². The third-order valence-electron chi connectivity index (χ3n) is 11.3. The lowest BCUT2D eigenvalue weighted by Crippen LogP contribution is -2.53. The fourth-order valence-corrected chi connectivity index (χ4v) is 8.55. The number of hydrogen-bond acceptors (Lipinski definition) is 7. The lowest BCUT2D eigenvalue weighted by Gasteiger charge is -2.42. The molecule has 2 aromatic carbocycles. The van der Waals surface area contributed by atoms with E-state index in [1.165, 1.54) is 29.5 Å². The summed E-state index contributed by atoms with van der Waals surface area (Å²) >= 11 is 0. The summed E-state index contributed by atoms with van der Waals surface area (Å²) in [6, 6.07) is 13.7. The molecule has 0 N–H and O–H groups in total. The Morgan fingerprint density at radius 1 is 1.02 bits per heavy atom. The van der Waals surface area contributed by atoms with Crippen LogP contribution >= 0.6 is 0 Å². The molecule has 51 heavy (non-hydrogen) atoms. The Morgan fingerprint density at radius 3 is 2.25 bits per heavy atom. The van der Waals surface area contributed by atoms with E-state index >= 15 is 0 Å². The predicted octanol–water partition coefficient (Wildman–Crippen LogP) is 6.48. The molecule has 3 aromatic rings. The maximum atomic E-state index is 13.5. The molecule has 4 heterocycles. The topological polar surface area (TPSA) is 91.0 Å². The number of ether oxygens (including phenoxy) is 2. The Morgan fingerprint density at radius 2 is 1.67 bits per heavy atom. The van der Waals surface area contributed by atoms with Gasteiger partial charge in [0, 0.05) is 69.2 Å². The molecule has 270 valence electrons. The van der Waals surface area contributed by atoms with E-state index in [1.807, 2.05) is 45.7 Å². The van der Waals surface area contributed by atoms with E-state index in [1.54, 1.807) is 31.9 Å². The molecule has 0 spiro atoms. The van der Waals surface area contributed by atoms with E-state index in [2.05, 4.69) is 53.1 Å². The van der Waals surface area contributed by atoms with E-state index in [0.29, 0.717) is 18.6 Å². The smallest absolute Gasteiger partial charge is 0.264 e. The average molecular weight is 692 g/mol.